The lowest BCUT2D eigenvalue weighted by molar-refractivity contribution is 0.458. The Morgan fingerprint density at radius 1 is 1.19 bits per heavy atom. The van der Waals surface area contributed by atoms with Gasteiger partial charge >= 0.3 is 0 Å². The number of hydrogen-bond donors (Lipinski definition) is 1. The first kappa shape index (κ1) is 14.8. The van der Waals surface area contributed by atoms with Crippen molar-refractivity contribution in [2.75, 3.05) is 11.9 Å². The SMILES string of the molecule is Cn1cc(C2CN=C3C(Nc4cccc5cccnc45)=NC=CN32)cn1. The number of pyridine rings is 1. The molecule has 0 amide bonds. The molecule has 1 aromatic carbocycles. The molecule has 26 heavy (non-hydrogen) atoms. The Bertz CT molecular complexity index is 1070. The summed E-state index contributed by atoms with van der Waals surface area (Å²) in [6.45, 7) is 0.680. The fraction of sp³-hybridized carbons (Fsp3) is 0.158. The Labute approximate surface area is 150 Å². The van der Waals surface area contributed by atoms with Gasteiger partial charge in [-0.15, -0.1) is 0 Å². The highest BCUT2D eigenvalue weighted by Crippen LogP contribution is 2.29. The van der Waals surface area contributed by atoms with Crippen molar-refractivity contribution in [3.05, 3.63) is 66.9 Å². The first-order chi connectivity index (χ1) is 12.8. The third-order valence-corrected chi connectivity index (χ3v) is 4.63. The summed E-state index contributed by atoms with van der Waals surface area (Å²) < 4.78 is 1.82. The molecular formula is C19H17N7. The number of para-hydroxylation sites is 1. The van der Waals surface area contributed by atoms with Gasteiger partial charge in [-0.25, -0.2) is 4.99 Å². The van der Waals surface area contributed by atoms with Crippen LogP contribution in [0.1, 0.15) is 11.6 Å². The van der Waals surface area contributed by atoms with Crippen LogP contribution >= 0.6 is 0 Å². The zero-order valence-electron chi connectivity index (χ0n) is 14.2. The summed E-state index contributed by atoms with van der Waals surface area (Å²) in [5.41, 5.74) is 2.98. The van der Waals surface area contributed by atoms with Crippen molar-refractivity contribution >= 4 is 28.3 Å². The molecule has 1 N–H and O–H groups in total. The summed E-state index contributed by atoms with van der Waals surface area (Å²) in [5, 5.41) is 8.78. The molecule has 1 atom stereocenters. The molecule has 128 valence electrons. The minimum Gasteiger partial charge on any atom is -0.335 e. The lowest BCUT2D eigenvalue weighted by Gasteiger charge is -2.26. The topological polar surface area (TPSA) is 70.7 Å². The molecule has 0 radical (unpaired) electrons. The van der Waals surface area contributed by atoms with E-state index >= 15 is 0 Å². The summed E-state index contributed by atoms with van der Waals surface area (Å²) in [4.78, 5) is 15.9. The number of hydrogen-bond acceptors (Lipinski definition) is 6. The van der Waals surface area contributed by atoms with Crippen LogP contribution in [-0.4, -0.2) is 37.9 Å². The van der Waals surface area contributed by atoms with Gasteiger partial charge in [0.05, 0.1) is 30.0 Å². The van der Waals surface area contributed by atoms with Crippen molar-refractivity contribution in [2.45, 2.75) is 6.04 Å². The predicted molar refractivity (Wildman–Crippen MR) is 102 cm³/mol. The summed E-state index contributed by atoms with van der Waals surface area (Å²) in [6.07, 6.45) is 9.49. The van der Waals surface area contributed by atoms with E-state index in [1.165, 1.54) is 0 Å². The monoisotopic (exact) mass is 343 g/mol. The van der Waals surface area contributed by atoms with Crippen LogP contribution in [0.25, 0.3) is 10.9 Å². The number of nitrogens with one attached hydrogen (secondary N) is 1. The largest absolute Gasteiger partial charge is 0.335 e. The van der Waals surface area contributed by atoms with Gasteiger partial charge in [0.25, 0.3) is 0 Å². The highest BCUT2D eigenvalue weighted by atomic mass is 15.3. The lowest BCUT2D eigenvalue weighted by atomic mass is 10.1. The highest BCUT2D eigenvalue weighted by molar-refractivity contribution is 6.46. The number of fused-ring (bicyclic) bond motifs is 2. The van der Waals surface area contributed by atoms with Crippen LogP contribution in [0, 0.1) is 0 Å². The number of aryl methyl sites for hydroxylation is 1. The number of nitrogens with zero attached hydrogens (tertiary/aromatic N) is 6. The summed E-state index contributed by atoms with van der Waals surface area (Å²) >= 11 is 0. The van der Waals surface area contributed by atoms with Gasteiger partial charge in [-0.05, 0) is 12.1 Å². The molecule has 0 bridgehead atoms. The van der Waals surface area contributed by atoms with Gasteiger partial charge in [0, 0.05) is 42.8 Å². The Morgan fingerprint density at radius 3 is 3.00 bits per heavy atom. The van der Waals surface area contributed by atoms with Gasteiger partial charge < -0.3 is 10.2 Å². The second kappa shape index (κ2) is 5.80. The molecule has 0 fully saturated rings. The van der Waals surface area contributed by atoms with Crippen molar-refractivity contribution in [2.24, 2.45) is 17.0 Å². The molecule has 0 saturated carbocycles. The third-order valence-electron chi connectivity index (χ3n) is 4.63. The molecule has 5 rings (SSSR count). The van der Waals surface area contributed by atoms with Gasteiger partial charge in [-0.1, -0.05) is 18.2 Å². The van der Waals surface area contributed by atoms with Gasteiger partial charge in [0.15, 0.2) is 11.7 Å². The molecule has 2 aliphatic heterocycles. The Hall–Kier alpha value is -3.48. The van der Waals surface area contributed by atoms with E-state index in [2.05, 4.69) is 25.3 Å². The van der Waals surface area contributed by atoms with Gasteiger partial charge in [-0.2, -0.15) is 5.10 Å². The molecule has 2 aliphatic rings. The van der Waals surface area contributed by atoms with Crippen LogP contribution in [0.4, 0.5) is 5.69 Å². The predicted octanol–water partition coefficient (Wildman–Crippen LogP) is 2.72. The Kier molecular flexibility index (Phi) is 3.31. The second-order valence-electron chi connectivity index (χ2n) is 6.32. The third kappa shape index (κ3) is 2.36. The minimum absolute atomic E-state index is 0.146. The molecule has 4 heterocycles. The van der Waals surface area contributed by atoms with Crippen LogP contribution in [-0.2, 0) is 7.05 Å². The van der Waals surface area contributed by atoms with Crippen LogP contribution in [0.5, 0.6) is 0 Å². The zero-order valence-corrected chi connectivity index (χ0v) is 14.2. The molecular weight excluding hydrogens is 326 g/mol. The quantitative estimate of drug-likeness (QED) is 0.777. The maximum atomic E-state index is 4.72. The first-order valence-corrected chi connectivity index (χ1v) is 8.46. The summed E-state index contributed by atoms with van der Waals surface area (Å²) in [7, 11) is 1.92. The Balaban J connectivity index is 1.46. The molecule has 1 unspecified atom stereocenters. The summed E-state index contributed by atoms with van der Waals surface area (Å²) in [5.74, 6) is 1.58. The molecule has 0 saturated heterocycles. The number of anilines is 1. The van der Waals surface area contributed by atoms with E-state index in [9.17, 15) is 0 Å². The Morgan fingerprint density at radius 2 is 2.12 bits per heavy atom. The normalized spacial score (nSPS) is 18.7. The van der Waals surface area contributed by atoms with E-state index < -0.39 is 0 Å². The maximum Gasteiger partial charge on any atom is 0.173 e. The number of aromatic nitrogens is 3. The van der Waals surface area contributed by atoms with E-state index in [1.807, 2.05) is 60.7 Å². The van der Waals surface area contributed by atoms with Gasteiger partial charge in [-0.3, -0.25) is 14.7 Å². The average molecular weight is 343 g/mol. The summed E-state index contributed by atoms with van der Waals surface area (Å²) in [6, 6.07) is 10.2. The molecule has 3 aromatic rings. The number of rotatable bonds is 2. The van der Waals surface area contributed by atoms with Crippen LogP contribution < -0.4 is 5.32 Å². The number of amidine groups is 2. The standard InChI is InChI=1S/C19H17N7/c1-25-12-14(10-23-25)16-11-22-19-18(21-8-9-26(16)19)24-15-6-2-4-13-5-3-7-20-17(13)15/h2-10,12,16H,11H2,1H3,(H,21,24). The van der Waals surface area contributed by atoms with Crippen LogP contribution in [0.2, 0.25) is 0 Å². The van der Waals surface area contributed by atoms with E-state index in [-0.39, 0.29) is 6.04 Å². The van der Waals surface area contributed by atoms with Crippen molar-refractivity contribution in [3.63, 3.8) is 0 Å². The maximum absolute atomic E-state index is 4.72. The average Bonchev–Trinajstić information content (AvgIpc) is 3.28. The first-order valence-electron chi connectivity index (χ1n) is 8.46. The van der Waals surface area contributed by atoms with Crippen LogP contribution in [0.3, 0.4) is 0 Å². The van der Waals surface area contributed by atoms with Crippen molar-refractivity contribution in [3.8, 4) is 0 Å². The molecule has 0 spiro atoms. The van der Waals surface area contributed by atoms with E-state index in [1.54, 1.807) is 12.4 Å². The van der Waals surface area contributed by atoms with Crippen LogP contribution in [0.15, 0.2) is 71.3 Å². The highest BCUT2D eigenvalue weighted by Gasteiger charge is 2.32. The van der Waals surface area contributed by atoms with E-state index in [0.29, 0.717) is 6.54 Å². The smallest absolute Gasteiger partial charge is 0.173 e. The fourth-order valence-electron chi connectivity index (χ4n) is 3.40. The van der Waals surface area contributed by atoms with E-state index in [4.69, 9.17) is 4.99 Å². The fourth-order valence-corrected chi connectivity index (χ4v) is 3.40. The van der Waals surface area contributed by atoms with Crippen molar-refractivity contribution < 1.29 is 0 Å². The molecule has 7 nitrogen and oxygen atoms in total. The van der Waals surface area contributed by atoms with E-state index in [0.717, 1.165) is 33.8 Å². The van der Waals surface area contributed by atoms with Gasteiger partial charge in [0.1, 0.15) is 0 Å². The second-order valence-corrected chi connectivity index (χ2v) is 6.32. The van der Waals surface area contributed by atoms with Crippen molar-refractivity contribution in [1.29, 1.82) is 0 Å². The zero-order chi connectivity index (χ0) is 17.5. The minimum atomic E-state index is 0.146. The van der Waals surface area contributed by atoms with Gasteiger partial charge in [0.2, 0.25) is 0 Å². The molecule has 0 aliphatic carbocycles. The van der Waals surface area contributed by atoms with Crippen molar-refractivity contribution in [1.82, 2.24) is 19.7 Å². The molecule has 7 heteroatoms. The number of aliphatic imine (C=N–C) groups is 2. The molecule has 2 aromatic heterocycles. The number of benzene rings is 1. The lowest BCUT2D eigenvalue weighted by Crippen LogP contribution is -2.37.